The molecule has 0 aromatic carbocycles. The second-order valence-electron chi connectivity index (χ2n) is 4.89. The fourth-order valence-electron chi connectivity index (χ4n) is 2.00. The van der Waals surface area contributed by atoms with Crippen LogP contribution in [-0.4, -0.2) is 10.6 Å². The largest absolute Gasteiger partial charge is 0.299 e. The van der Waals surface area contributed by atoms with Gasteiger partial charge in [0.25, 0.3) is 0 Å². The van der Waals surface area contributed by atoms with Gasteiger partial charge in [-0.3, -0.25) is 4.79 Å². The first-order valence-electron chi connectivity index (χ1n) is 5.19. The summed E-state index contributed by atoms with van der Waals surface area (Å²) >= 11 is 11.7. The van der Waals surface area contributed by atoms with Gasteiger partial charge < -0.3 is 0 Å². The molecule has 0 bridgehead atoms. The second kappa shape index (κ2) is 4.40. The van der Waals surface area contributed by atoms with Gasteiger partial charge in [0.05, 0.1) is 5.41 Å². The number of rotatable bonds is 2. The summed E-state index contributed by atoms with van der Waals surface area (Å²) in [6.07, 6.45) is 2.53. The molecule has 14 heavy (non-hydrogen) atoms. The molecule has 82 valence electrons. The molecule has 3 heteroatoms. The van der Waals surface area contributed by atoms with Crippen LogP contribution in [0.1, 0.15) is 40.0 Å². The van der Waals surface area contributed by atoms with E-state index in [1.165, 1.54) is 0 Å². The molecule has 1 saturated carbocycles. The van der Waals surface area contributed by atoms with Gasteiger partial charge in [-0.2, -0.15) is 0 Å². The normalized spacial score (nSPS) is 34.2. The molecule has 0 heterocycles. The highest BCUT2D eigenvalue weighted by Gasteiger charge is 2.43. The lowest BCUT2D eigenvalue weighted by molar-refractivity contribution is -0.131. The van der Waals surface area contributed by atoms with E-state index in [-0.39, 0.29) is 5.78 Å². The van der Waals surface area contributed by atoms with Crippen LogP contribution in [-0.2, 0) is 4.79 Å². The van der Waals surface area contributed by atoms with Crippen LogP contribution >= 0.6 is 23.2 Å². The third kappa shape index (κ3) is 2.25. The van der Waals surface area contributed by atoms with Crippen LogP contribution in [0.15, 0.2) is 0 Å². The molecule has 0 spiro atoms. The lowest BCUT2D eigenvalue weighted by Gasteiger charge is -2.38. The van der Waals surface area contributed by atoms with E-state index in [2.05, 4.69) is 13.8 Å². The summed E-state index contributed by atoms with van der Waals surface area (Å²) in [7, 11) is 0. The standard InChI is InChI=1S/C11H18Cl2O/c1-7(2)8-4-5-11(3,10(12)13)9(14)6-8/h7-8,10H,4-6H2,1-3H3/t8-,11+/m1/s1. The Labute approximate surface area is 96.2 Å². The predicted molar refractivity (Wildman–Crippen MR) is 60.8 cm³/mol. The fraction of sp³-hybridized carbons (Fsp3) is 0.909. The highest BCUT2D eigenvalue weighted by molar-refractivity contribution is 6.46. The number of carbonyl (C=O) groups is 1. The summed E-state index contributed by atoms with van der Waals surface area (Å²) in [4.78, 5) is 11.3. The molecular formula is C11H18Cl2O. The number of ketones is 1. The van der Waals surface area contributed by atoms with Crippen molar-refractivity contribution in [3.63, 3.8) is 0 Å². The van der Waals surface area contributed by atoms with E-state index in [9.17, 15) is 4.79 Å². The van der Waals surface area contributed by atoms with Crippen molar-refractivity contribution in [2.75, 3.05) is 0 Å². The zero-order valence-corrected chi connectivity index (χ0v) is 10.5. The van der Waals surface area contributed by atoms with Gasteiger partial charge in [0.15, 0.2) is 0 Å². The Morgan fingerprint density at radius 2 is 2.00 bits per heavy atom. The van der Waals surface area contributed by atoms with Crippen LogP contribution in [0.3, 0.4) is 0 Å². The Morgan fingerprint density at radius 3 is 2.36 bits per heavy atom. The maximum absolute atomic E-state index is 11.9. The minimum atomic E-state index is -0.567. The van der Waals surface area contributed by atoms with Crippen molar-refractivity contribution < 1.29 is 4.79 Å². The van der Waals surface area contributed by atoms with Gasteiger partial charge in [0, 0.05) is 6.42 Å². The molecule has 1 aliphatic carbocycles. The van der Waals surface area contributed by atoms with Gasteiger partial charge in [-0.25, -0.2) is 0 Å². The molecule has 0 unspecified atom stereocenters. The van der Waals surface area contributed by atoms with Crippen molar-refractivity contribution in [2.24, 2.45) is 17.3 Å². The van der Waals surface area contributed by atoms with Crippen molar-refractivity contribution in [1.82, 2.24) is 0 Å². The molecule has 1 rings (SSSR count). The molecule has 0 saturated heterocycles. The highest BCUT2D eigenvalue weighted by Crippen LogP contribution is 2.43. The number of halogens is 2. The van der Waals surface area contributed by atoms with E-state index >= 15 is 0 Å². The van der Waals surface area contributed by atoms with Gasteiger partial charge >= 0.3 is 0 Å². The summed E-state index contributed by atoms with van der Waals surface area (Å²) in [5.74, 6) is 1.33. The molecule has 1 fully saturated rings. The van der Waals surface area contributed by atoms with Crippen molar-refractivity contribution in [2.45, 2.75) is 44.9 Å². The molecule has 2 atom stereocenters. The van der Waals surface area contributed by atoms with Gasteiger partial charge in [-0.15, -0.1) is 23.2 Å². The molecular weight excluding hydrogens is 219 g/mol. The Balaban J connectivity index is 2.69. The average molecular weight is 237 g/mol. The summed E-state index contributed by atoms with van der Waals surface area (Å²) in [6, 6.07) is 0. The summed E-state index contributed by atoms with van der Waals surface area (Å²) in [5, 5.41) is 0. The van der Waals surface area contributed by atoms with E-state index in [1.54, 1.807) is 0 Å². The number of hydrogen-bond donors (Lipinski definition) is 0. The van der Waals surface area contributed by atoms with Gasteiger partial charge in [0.1, 0.15) is 10.6 Å². The van der Waals surface area contributed by atoms with Crippen LogP contribution < -0.4 is 0 Å². The van der Waals surface area contributed by atoms with Crippen LogP contribution in [0.25, 0.3) is 0 Å². The van der Waals surface area contributed by atoms with Crippen LogP contribution in [0.5, 0.6) is 0 Å². The van der Waals surface area contributed by atoms with Gasteiger partial charge in [-0.05, 0) is 24.7 Å². The first-order valence-corrected chi connectivity index (χ1v) is 6.06. The topological polar surface area (TPSA) is 17.1 Å². The number of alkyl halides is 2. The fourth-order valence-corrected chi connectivity index (χ4v) is 2.46. The van der Waals surface area contributed by atoms with Crippen LogP contribution in [0.2, 0.25) is 0 Å². The molecule has 0 aromatic heterocycles. The van der Waals surface area contributed by atoms with E-state index < -0.39 is 10.3 Å². The first kappa shape index (κ1) is 12.3. The molecule has 0 N–H and O–H groups in total. The Morgan fingerprint density at radius 1 is 1.43 bits per heavy atom. The third-order valence-electron chi connectivity index (χ3n) is 3.54. The molecule has 0 aliphatic heterocycles. The van der Waals surface area contributed by atoms with Gasteiger partial charge in [-0.1, -0.05) is 20.8 Å². The second-order valence-corrected chi connectivity index (χ2v) is 5.98. The minimum Gasteiger partial charge on any atom is -0.299 e. The van der Waals surface area contributed by atoms with E-state index in [0.29, 0.717) is 18.3 Å². The molecule has 1 aliphatic rings. The minimum absolute atomic E-state index is 0.234. The van der Waals surface area contributed by atoms with Crippen molar-refractivity contribution in [3.05, 3.63) is 0 Å². The molecule has 0 radical (unpaired) electrons. The summed E-state index contributed by atoms with van der Waals surface area (Å²) in [6.45, 7) is 6.22. The van der Waals surface area contributed by atoms with Crippen LogP contribution in [0, 0.1) is 17.3 Å². The Bertz CT molecular complexity index is 225. The molecule has 1 nitrogen and oxygen atoms in total. The predicted octanol–water partition coefficient (Wildman–Crippen LogP) is 3.82. The molecule has 0 amide bonds. The lowest BCUT2D eigenvalue weighted by atomic mass is 9.69. The van der Waals surface area contributed by atoms with E-state index in [1.807, 2.05) is 6.92 Å². The van der Waals surface area contributed by atoms with E-state index in [0.717, 1.165) is 12.8 Å². The summed E-state index contributed by atoms with van der Waals surface area (Å²) in [5.41, 5.74) is -0.505. The zero-order chi connectivity index (χ0) is 10.9. The van der Waals surface area contributed by atoms with Crippen molar-refractivity contribution in [3.8, 4) is 0 Å². The lowest BCUT2D eigenvalue weighted by Crippen LogP contribution is -2.40. The van der Waals surface area contributed by atoms with Crippen molar-refractivity contribution >= 4 is 29.0 Å². The zero-order valence-electron chi connectivity index (χ0n) is 9.02. The van der Waals surface area contributed by atoms with Gasteiger partial charge in [0.2, 0.25) is 0 Å². The quantitative estimate of drug-likeness (QED) is 0.667. The average Bonchev–Trinajstić information content (AvgIpc) is 2.09. The van der Waals surface area contributed by atoms with Crippen LogP contribution in [0.4, 0.5) is 0 Å². The third-order valence-corrected chi connectivity index (χ3v) is 4.51. The van der Waals surface area contributed by atoms with E-state index in [4.69, 9.17) is 23.2 Å². The Hall–Kier alpha value is 0.250. The molecule has 0 aromatic rings. The monoisotopic (exact) mass is 236 g/mol. The van der Waals surface area contributed by atoms with Crippen molar-refractivity contribution in [1.29, 1.82) is 0 Å². The Kier molecular flexibility index (Phi) is 3.87. The highest BCUT2D eigenvalue weighted by atomic mass is 35.5. The number of Topliss-reactive ketones (excluding diaryl/α,β-unsaturated/α-hetero) is 1. The summed E-state index contributed by atoms with van der Waals surface area (Å²) < 4.78 is 0. The maximum atomic E-state index is 11.9. The smallest absolute Gasteiger partial charge is 0.141 e. The maximum Gasteiger partial charge on any atom is 0.141 e. The SMILES string of the molecule is CC(C)[C@@H]1CC[C@](C)(C(Cl)Cl)C(=O)C1. The number of hydrogen-bond acceptors (Lipinski definition) is 1. The number of carbonyl (C=O) groups excluding carboxylic acids is 1. The first-order chi connectivity index (χ1) is 6.38.